The summed E-state index contributed by atoms with van der Waals surface area (Å²) < 4.78 is 11.1. The fourth-order valence-electron chi connectivity index (χ4n) is 2.88. The van der Waals surface area contributed by atoms with Crippen LogP contribution in [0.2, 0.25) is 0 Å². The highest BCUT2D eigenvalue weighted by Gasteiger charge is 2.19. The number of nitrogens with two attached hydrogens (primary N) is 1. The summed E-state index contributed by atoms with van der Waals surface area (Å²) in [7, 11) is 1.65. The number of para-hydroxylation sites is 1. The molecular weight excluding hydrogens is 304 g/mol. The van der Waals surface area contributed by atoms with Crippen LogP contribution in [0.1, 0.15) is 5.56 Å². The zero-order valence-electron chi connectivity index (χ0n) is 13.4. The van der Waals surface area contributed by atoms with E-state index in [0.717, 1.165) is 28.0 Å². The summed E-state index contributed by atoms with van der Waals surface area (Å²) in [6.07, 6.45) is 0. The van der Waals surface area contributed by atoms with Crippen molar-refractivity contribution in [1.82, 2.24) is 9.97 Å². The Morgan fingerprint density at radius 1 is 1.17 bits per heavy atom. The molecule has 0 radical (unpaired) electrons. The first-order valence-corrected chi connectivity index (χ1v) is 7.81. The molecule has 0 saturated heterocycles. The molecule has 2 heterocycles. The van der Waals surface area contributed by atoms with Gasteiger partial charge in [-0.2, -0.15) is 4.98 Å². The number of hydrogen-bond donors (Lipinski definition) is 1. The smallest absolute Gasteiger partial charge is 0.228 e. The Hall–Kier alpha value is -3.02. The molecule has 0 unspecified atom stereocenters. The molecule has 24 heavy (non-hydrogen) atoms. The van der Waals surface area contributed by atoms with E-state index < -0.39 is 0 Å². The number of methoxy groups -OCH3 is 1. The second-order valence-corrected chi connectivity index (χ2v) is 5.67. The van der Waals surface area contributed by atoms with Gasteiger partial charge in [0, 0.05) is 23.6 Å². The maximum Gasteiger partial charge on any atom is 0.228 e. The lowest BCUT2D eigenvalue weighted by Crippen LogP contribution is -2.27. The van der Waals surface area contributed by atoms with Crippen LogP contribution in [0.5, 0.6) is 11.5 Å². The molecular formula is C18H18N4O2. The molecule has 6 nitrogen and oxygen atoms in total. The van der Waals surface area contributed by atoms with Crippen LogP contribution >= 0.6 is 0 Å². The van der Waals surface area contributed by atoms with Crippen LogP contribution in [0.4, 0.5) is 11.8 Å². The molecule has 1 aromatic heterocycles. The maximum absolute atomic E-state index is 6.11. The van der Waals surface area contributed by atoms with Gasteiger partial charge in [-0.3, -0.25) is 0 Å². The van der Waals surface area contributed by atoms with Crippen molar-refractivity contribution in [2.45, 2.75) is 6.54 Å². The third kappa shape index (κ3) is 2.56. The summed E-state index contributed by atoms with van der Waals surface area (Å²) in [5.74, 6) is 2.74. The minimum atomic E-state index is 0.496. The Morgan fingerprint density at radius 3 is 2.92 bits per heavy atom. The summed E-state index contributed by atoms with van der Waals surface area (Å²) in [5.41, 5.74) is 8.03. The van der Waals surface area contributed by atoms with Crippen LogP contribution in [0.3, 0.4) is 0 Å². The van der Waals surface area contributed by atoms with Crippen molar-refractivity contribution >= 4 is 22.7 Å². The standard InChI is InChI=1S/C18H18N4O2/c1-23-13-7-6-12-11-22(8-9-24-16(12)10-13)18-20-15-5-3-2-4-14(15)17(19)21-18/h2-7,10H,8-9,11H2,1H3,(H2,19,20,21). The van der Waals surface area contributed by atoms with Gasteiger partial charge in [0.05, 0.1) is 19.2 Å². The molecule has 0 aliphatic carbocycles. The van der Waals surface area contributed by atoms with Crippen molar-refractivity contribution in [3.63, 3.8) is 0 Å². The van der Waals surface area contributed by atoms with E-state index in [9.17, 15) is 0 Å². The minimum Gasteiger partial charge on any atom is -0.497 e. The molecule has 2 aromatic carbocycles. The number of anilines is 2. The van der Waals surface area contributed by atoms with E-state index >= 15 is 0 Å². The van der Waals surface area contributed by atoms with Crippen LogP contribution < -0.4 is 20.1 Å². The molecule has 0 saturated carbocycles. The largest absolute Gasteiger partial charge is 0.497 e. The number of ether oxygens (including phenoxy) is 2. The molecule has 2 N–H and O–H groups in total. The van der Waals surface area contributed by atoms with Crippen molar-refractivity contribution in [1.29, 1.82) is 0 Å². The van der Waals surface area contributed by atoms with Crippen LogP contribution in [0.15, 0.2) is 42.5 Å². The number of benzene rings is 2. The van der Waals surface area contributed by atoms with E-state index in [0.29, 0.717) is 31.5 Å². The Morgan fingerprint density at radius 2 is 2.04 bits per heavy atom. The first kappa shape index (κ1) is 14.6. The lowest BCUT2D eigenvalue weighted by atomic mass is 10.2. The summed E-state index contributed by atoms with van der Waals surface area (Å²) in [6, 6.07) is 13.6. The topological polar surface area (TPSA) is 73.5 Å². The van der Waals surface area contributed by atoms with Gasteiger partial charge < -0.3 is 20.1 Å². The molecule has 3 aromatic rings. The molecule has 122 valence electrons. The normalized spacial score (nSPS) is 14.0. The first-order chi connectivity index (χ1) is 11.7. The Balaban J connectivity index is 1.71. The summed E-state index contributed by atoms with van der Waals surface area (Å²) in [6.45, 7) is 1.90. The Kier molecular flexibility index (Phi) is 3.57. The lowest BCUT2D eigenvalue weighted by molar-refractivity contribution is 0.328. The van der Waals surface area contributed by atoms with Gasteiger partial charge in [-0.05, 0) is 24.3 Å². The Labute approximate surface area is 139 Å². The molecule has 0 fully saturated rings. The van der Waals surface area contributed by atoms with E-state index in [2.05, 4.69) is 14.9 Å². The third-order valence-corrected chi connectivity index (χ3v) is 4.16. The van der Waals surface area contributed by atoms with Gasteiger partial charge in [-0.1, -0.05) is 12.1 Å². The third-order valence-electron chi connectivity index (χ3n) is 4.16. The number of nitrogens with zero attached hydrogens (tertiary/aromatic N) is 3. The second-order valence-electron chi connectivity index (χ2n) is 5.67. The van der Waals surface area contributed by atoms with Gasteiger partial charge in [-0.25, -0.2) is 4.98 Å². The second kappa shape index (κ2) is 5.88. The highest BCUT2D eigenvalue weighted by molar-refractivity contribution is 5.88. The number of fused-ring (bicyclic) bond motifs is 2. The van der Waals surface area contributed by atoms with Gasteiger partial charge in [0.1, 0.15) is 23.9 Å². The fourth-order valence-corrected chi connectivity index (χ4v) is 2.88. The van der Waals surface area contributed by atoms with Crippen molar-refractivity contribution in [2.24, 2.45) is 0 Å². The van der Waals surface area contributed by atoms with Gasteiger partial charge in [0.2, 0.25) is 5.95 Å². The molecule has 0 bridgehead atoms. The molecule has 1 aliphatic heterocycles. The van der Waals surface area contributed by atoms with Crippen molar-refractivity contribution in [2.75, 3.05) is 30.9 Å². The van der Waals surface area contributed by atoms with Crippen LogP contribution in [0, 0.1) is 0 Å². The SMILES string of the molecule is COc1ccc2c(c1)OCCN(c1nc(N)c3ccccc3n1)C2. The van der Waals surface area contributed by atoms with Gasteiger partial charge in [0.25, 0.3) is 0 Å². The maximum atomic E-state index is 6.11. The molecule has 4 rings (SSSR count). The molecule has 6 heteroatoms. The van der Waals surface area contributed by atoms with E-state index in [4.69, 9.17) is 15.2 Å². The predicted molar refractivity (Wildman–Crippen MR) is 93.5 cm³/mol. The van der Waals surface area contributed by atoms with Crippen molar-refractivity contribution < 1.29 is 9.47 Å². The molecule has 0 spiro atoms. The number of nitrogen functional groups attached to an aromatic ring is 1. The monoisotopic (exact) mass is 322 g/mol. The van der Waals surface area contributed by atoms with Crippen LogP contribution in [-0.4, -0.2) is 30.2 Å². The van der Waals surface area contributed by atoms with Gasteiger partial charge >= 0.3 is 0 Å². The fraction of sp³-hybridized carbons (Fsp3) is 0.222. The molecule has 1 aliphatic rings. The van der Waals surface area contributed by atoms with E-state index in [1.807, 2.05) is 42.5 Å². The predicted octanol–water partition coefficient (Wildman–Crippen LogP) is 2.62. The highest BCUT2D eigenvalue weighted by atomic mass is 16.5. The first-order valence-electron chi connectivity index (χ1n) is 7.81. The number of rotatable bonds is 2. The number of aromatic nitrogens is 2. The van der Waals surface area contributed by atoms with E-state index in [-0.39, 0.29) is 0 Å². The quantitative estimate of drug-likeness (QED) is 0.782. The molecule has 0 amide bonds. The van der Waals surface area contributed by atoms with Gasteiger partial charge in [0.15, 0.2) is 0 Å². The van der Waals surface area contributed by atoms with Gasteiger partial charge in [-0.15, -0.1) is 0 Å². The van der Waals surface area contributed by atoms with Crippen molar-refractivity contribution in [3.05, 3.63) is 48.0 Å². The minimum absolute atomic E-state index is 0.496. The van der Waals surface area contributed by atoms with Crippen LogP contribution in [-0.2, 0) is 6.54 Å². The molecule has 0 atom stereocenters. The van der Waals surface area contributed by atoms with E-state index in [1.165, 1.54) is 0 Å². The summed E-state index contributed by atoms with van der Waals surface area (Å²) in [5, 5.41) is 0.873. The lowest BCUT2D eigenvalue weighted by Gasteiger charge is -2.20. The zero-order valence-corrected chi connectivity index (χ0v) is 13.4. The highest BCUT2D eigenvalue weighted by Crippen LogP contribution is 2.30. The average Bonchev–Trinajstić information content (AvgIpc) is 2.83. The summed E-state index contributed by atoms with van der Waals surface area (Å²) >= 11 is 0. The number of hydrogen-bond acceptors (Lipinski definition) is 6. The van der Waals surface area contributed by atoms with Crippen LogP contribution in [0.25, 0.3) is 10.9 Å². The average molecular weight is 322 g/mol. The summed E-state index contributed by atoms with van der Waals surface area (Å²) in [4.78, 5) is 11.2. The van der Waals surface area contributed by atoms with E-state index in [1.54, 1.807) is 7.11 Å². The Bertz CT molecular complexity index is 897. The zero-order chi connectivity index (χ0) is 16.5. The van der Waals surface area contributed by atoms with Crippen molar-refractivity contribution in [3.8, 4) is 11.5 Å².